The van der Waals surface area contributed by atoms with Crippen molar-refractivity contribution in [2.75, 3.05) is 5.32 Å². The maximum atomic E-state index is 13.6. The van der Waals surface area contributed by atoms with Crippen molar-refractivity contribution in [3.63, 3.8) is 0 Å². The van der Waals surface area contributed by atoms with Crippen LogP contribution in [-0.4, -0.2) is 32.3 Å². The first-order valence-electron chi connectivity index (χ1n) is 10.8. The van der Waals surface area contributed by atoms with Gasteiger partial charge >= 0.3 is 0 Å². The second kappa shape index (κ2) is 9.58. The second-order valence-electron chi connectivity index (χ2n) is 8.62. The summed E-state index contributed by atoms with van der Waals surface area (Å²) < 4.78 is 20.3. The summed E-state index contributed by atoms with van der Waals surface area (Å²) in [6.45, 7) is 10.3. The van der Waals surface area contributed by atoms with Gasteiger partial charge in [-0.15, -0.1) is 0 Å². The van der Waals surface area contributed by atoms with Crippen LogP contribution in [0.5, 0.6) is 0 Å². The molecule has 0 aliphatic rings. The van der Waals surface area contributed by atoms with Crippen LogP contribution in [0.15, 0.2) is 22.7 Å². The number of hydrogen-bond donors (Lipinski definition) is 2. The topological polar surface area (TPSA) is 119 Å². The Morgan fingerprint density at radius 3 is 2.35 bits per heavy atom. The Balaban J connectivity index is 1.87. The maximum absolute atomic E-state index is 13.6. The third kappa shape index (κ3) is 4.75. The minimum atomic E-state index is -0.848. The Kier molecular flexibility index (Phi) is 6.99. The maximum Gasteiger partial charge on any atom is 0.294 e. The zero-order valence-corrected chi connectivity index (χ0v) is 20.2. The molecule has 2 N–H and O–H groups in total. The molecule has 0 radical (unpaired) electrons. The number of nitrogens with zero attached hydrogens (tertiary/aromatic N) is 3. The van der Waals surface area contributed by atoms with Gasteiger partial charge in [-0.25, -0.2) is 4.39 Å². The van der Waals surface area contributed by atoms with Gasteiger partial charge in [0.1, 0.15) is 11.9 Å². The van der Waals surface area contributed by atoms with E-state index in [0.29, 0.717) is 28.3 Å². The molecule has 1 aromatic carbocycles. The molecule has 0 aliphatic heterocycles. The molecule has 180 valence electrons. The first kappa shape index (κ1) is 24.8. The summed E-state index contributed by atoms with van der Waals surface area (Å²) in [7, 11) is 1.61. The first-order chi connectivity index (χ1) is 15.9. The number of aromatic nitrogens is 3. The van der Waals surface area contributed by atoms with E-state index < -0.39 is 23.6 Å². The number of nitrogens with one attached hydrogen (secondary N) is 2. The number of ketones is 1. The fourth-order valence-electron chi connectivity index (χ4n) is 3.82. The highest BCUT2D eigenvalue weighted by atomic mass is 19.1. The lowest BCUT2D eigenvalue weighted by molar-refractivity contribution is -0.118. The Bertz CT molecular complexity index is 1270. The lowest BCUT2D eigenvalue weighted by Crippen LogP contribution is -2.37. The van der Waals surface area contributed by atoms with Crippen LogP contribution >= 0.6 is 0 Å². The molecule has 0 saturated carbocycles. The molecular formula is C24H28FN5O4. The van der Waals surface area contributed by atoms with E-state index in [1.54, 1.807) is 34.7 Å². The Hall–Kier alpha value is -3.82. The van der Waals surface area contributed by atoms with Crippen molar-refractivity contribution in [1.82, 2.24) is 20.0 Å². The van der Waals surface area contributed by atoms with E-state index in [1.807, 2.05) is 13.8 Å². The molecule has 9 nitrogen and oxygen atoms in total. The summed E-state index contributed by atoms with van der Waals surface area (Å²) in [6, 6.07) is 3.60. The minimum Gasteiger partial charge on any atom is -0.344 e. The molecule has 0 aliphatic carbocycles. The number of carbonyl (C=O) groups is 3. The van der Waals surface area contributed by atoms with E-state index in [-0.39, 0.29) is 28.9 Å². The largest absolute Gasteiger partial charge is 0.344 e. The Labute approximate surface area is 196 Å². The highest BCUT2D eigenvalue weighted by molar-refractivity contribution is 6.43. The van der Waals surface area contributed by atoms with Crippen LogP contribution in [0, 0.1) is 39.4 Å². The van der Waals surface area contributed by atoms with Gasteiger partial charge in [0.05, 0.1) is 11.3 Å². The number of benzene rings is 1. The SMILES string of the molecule is Cc1noc(C(NC(=O)C(=O)c2c(C)c(C(=O)Nc3ccc(F)c(C)c3)c(C)n2C)C(C)C)n1. The van der Waals surface area contributed by atoms with Crippen molar-refractivity contribution in [2.24, 2.45) is 13.0 Å². The lowest BCUT2D eigenvalue weighted by Gasteiger charge is -2.18. The molecule has 1 atom stereocenters. The van der Waals surface area contributed by atoms with Crippen LogP contribution in [0.3, 0.4) is 0 Å². The standard InChI is InChI=1S/C24H28FN5O4/c1-11(2)19(24-26-15(6)29-34-24)28-23(33)21(31)20-13(4)18(14(5)30(20)7)22(32)27-16-8-9-17(25)12(3)10-16/h8-11,19H,1-7H3,(H,27,32)(H,28,33). The van der Waals surface area contributed by atoms with Crippen molar-refractivity contribution in [2.45, 2.75) is 47.6 Å². The predicted octanol–water partition coefficient (Wildman–Crippen LogP) is 3.73. The van der Waals surface area contributed by atoms with Gasteiger partial charge in [-0.1, -0.05) is 19.0 Å². The summed E-state index contributed by atoms with van der Waals surface area (Å²) in [6.07, 6.45) is 0. The molecule has 10 heteroatoms. The second-order valence-corrected chi connectivity index (χ2v) is 8.62. The molecule has 0 spiro atoms. The average molecular weight is 470 g/mol. The van der Waals surface area contributed by atoms with Gasteiger partial charge in [0, 0.05) is 18.4 Å². The molecule has 0 fully saturated rings. The van der Waals surface area contributed by atoms with Crippen molar-refractivity contribution in [1.29, 1.82) is 0 Å². The zero-order valence-electron chi connectivity index (χ0n) is 20.2. The molecule has 0 saturated heterocycles. The monoisotopic (exact) mass is 469 g/mol. The van der Waals surface area contributed by atoms with Crippen LogP contribution < -0.4 is 10.6 Å². The molecule has 3 rings (SSSR count). The Morgan fingerprint density at radius 1 is 1.12 bits per heavy atom. The van der Waals surface area contributed by atoms with Gasteiger partial charge in [0.15, 0.2) is 5.82 Å². The number of aryl methyl sites for hydroxylation is 2. The third-order valence-corrected chi connectivity index (χ3v) is 5.76. The summed E-state index contributed by atoms with van der Waals surface area (Å²) >= 11 is 0. The van der Waals surface area contributed by atoms with E-state index in [1.165, 1.54) is 22.8 Å². The van der Waals surface area contributed by atoms with Gasteiger partial charge in [-0.2, -0.15) is 4.98 Å². The van der Waals surface area contributed by atoms with E-state index in [9.17, 15) is 18.8 Å². The summed E-state index contributed by atoms with van der Waals surface area (Å²) in [5, 5.41) is 9.15. The molecule has 2 aromatic heterocycles. The fraction of sp³-hybridized carbons (Fsp3) is 0.375. The Morgan fingerprint density at radius 2 is 1.79 bits per heavy atom. The summed E-state index contributed by atoms with van der Waals surface area (Å²) in [5.74, 6) is -1.96. The van der Waals surface area contributed by atoms with Crippen molar-refractivity contribution in [3.8, 4) is 0 Å². The van der Waals surface area contributed by atoms with Crippen LogP contribution in [0.2, 0.25) is 0 Å². The summed E-state index contributed by atoms with van der Waals surface area (Å²) in [5.41, 5.74) is 2.06. The number of carbonyl (C=O) groups excluding carboxylic acids is 3. The highest BCUT2D eigenvalue weighted by Crippen LogP contribution is 2.25. The molecule has 2 heterocycles. The van der Waals surface area contributed by atoms with E-state index in [2.05, 4.69) is 20.8 Å². The zero-order chi connectivity index (χ0) is 25.3. The number of anilines is 1. The van der Waals surface area contributed by atoms with E-state index in [0.717, 1.165) is 0 Å². The normalized spacial score (nSPS) is 12.0. The van der Waals surface area contributed by atoms with Gasteiger partial charge in [-0.05, 0) is 62.9 Å². The predicted molar refractivity (Wildman–Crippen MR) is 123 cm³/mol. The van der Waals surface area contributed by atoms with Crippen LogP contribution in [0.4, 0.5) is 10.1 Å². The molecule has 0 bridgehead atoms. The minimum absolute atomic E-state index is 0.0969. The van der Waals surface area contributed by atoms with Gasteiger partial charge in [0.2, 0.25) is 5.89 Å². The lowest BCUT2D eigenvalue weighted by atomic mass is 10.0. The fourth-order valence-corrected chi connectivity index (χ4v) is 3.82. The van der Waals surface area contributed by atoms with Gasteiger partial charge < -0.3 is 19.7 Å². The number of hydrogen-bond acceptors (Lipinski definition) is 6. The number of halogens is 1. The van der Waals surface area contributed by atoms with E-state index in [4.69, 9.17) is 4.52 Å². The number of amides is 2. The van der Waals surface area contributed by atoms with E-state index >= 15 is 0 Å². The summed E-state index contributed by atoms with van der Waals surface area (Å²) in [4.78, 5) is 43.2. The molecule has 2 amide bonds. The quantitative estimate of drug-likeness (QED) is 0.402. The molecule has 1 unspecified atom stereocenters. The number of Topliss-reactive ketones (excluding diaryl/α,β-unsaturated/α-hetero) is 1. The number of rotatable bonds is 7. The average Bonchev–Trinajstić information content (AvgIpc) is 3.28. The van der Waals surface area contributed by atoms with Crippen molar-refractivity contribution >= 4 is 23.3 Å². The molecule has 3 aromatic rings. The van der Waals surface area contributed by atoms with Crippen molar-refractivity contribution < 1.29 is 23.3 Å². The first-order valence-corrected chi connectivity index (χ1v) is 10.8. The van der Waals surface area contributed by atoms with Gasteiger partial charge in [0.25, 0.3) is 17.6 Å². The smallest absolute Gasteiger partial charge is 0.294 e. The third-order valence-electron chi connectivity index (χ3n) is 5.76. The highest BCUT2D eigenvalue weighted by Gasteiger charge is 2.32. The molecular weight excluding hydrogens is 441 g/mol. The molecule has 34 heavy (non-hydrogen) atoms. The van der Waals surface area contributed by atoms with Crippen LogP contribution in [0.1, 0.15) is 69.3 Å². The van der Waals surface area contributed by atoms with Crippen molar-refractivity contribution in [3.05, 3.63) is 63.8 Å². The van der Waals surface area contributed by atoms with Gasteiger partial charge in [-0.3, -0.25) is 14.4 Å². The van der Waals surface area contributed by atoms with Crippen LogP contribution in [-0.2, 0) is 11.8 Å². The van der Waals surface area contributed by atoms with Crippen LogP contribution in [0.25, 0.3) is 0 Å².